The van der Waals surface area contributed by atoms with Gasteiger partial charge in [0.1, 0.15) is 6.61 Å². The van der Waals surface area contributed by atoms with Crippen LogP contribution in [-0.2, 0) is 14.3 Å². The molecule has 0 aromatic carbocycles. The van der Waals surface area contributed by atoms with Crippen LogP contribution in [0.15, 0.2) is 12.3 Å². The lowest BCUT2D eigenvalue weighted by Crippen LogP contribution is -2.35. The molecule has 0 radical (unpaired) electrons. The van der Waals surface area contributed by atoms with Crippen LogP contribution in [0.5, 0.6) is 0 Å². The summed E-state index contributed by atoms with van der Waals surface area (Å²) in [6.07, 6.45) is 10.0. The molecule has 1 saturated carbocycles. The zero-order valence-corrected chi connectivity index (χ0v) is 14.0. The van der Waals surface area contributed by atoms with Crippen molar-refractivity contribution in [1.29, 1.82) is 0 Å². The van der Waals surface area contributed by atoms with Crippen LogP contribution in [0.4, 0.5) is 0 Å². The number of rotatable bonds is 7. The normalized spacial score (nSPS) is 27.1. The molecule has 1 rings (SSSR count). The van der Waals surface area contributed by atoms with E-state index in [9.17, 15) is 4.79 Å². The Balaban J connectivity index is 2.29. The van der Waals surface area contributed by atoms with Gasteiger partial charge in [-0.1, -0.05) is 27.2 Å². The highest BCUT2D eigenvalue weighted by Crippen LogP contribution is 2.42. The van der Waals surface area contributed by atoms with E-state index in [1.807, 2.05) is 12.3 Å². The molecule has 1 fully saturated rings. The molecule has 0 spiro atoms. The highest BCUT2D eigenvalue weighted by molar-refractivity contribution is 7.98. The minimum absolute atomic E-state index is 0.0580. The first-order chi connectivity index (χ1) is 9.48. The number of esters is 1. The van der Waals surface area contributed by atoms with E-state index in [1.165, 1.54) is 19.1 Å². The Morgan fingerprint density at radius 2 is 2.25 bits per heavy atom. The highest BCUT2D eigenvalue weighted by atomic mass is 32.2. The molecule has 0 N–H and O–H groups in total. The molecule has 116 valence electrons. The number of hydrogen-bond acceptors (Lipinski definition) is 4. The molecule has 3 nitrogen and oxygen atoms in total. The van der Waals surface area contributed by atoms with Crippen molar-refractivity contribution in [2.75, 3.05) is 18.6 Å². The van der Waals surface area contributed by atoms with Gasteiger partial charge in [-0.25, -0.2) is 4.79 Å². The van der Waals surface area contributed by atoms with E-state index in [4.69, 9.17) is 9.47 Å². The predicted molar refractivity (Wildman–Crippen MR) is 84.8 cm³/mol. The fourth-order valence-corrected chi connectivity index (χ4v) is 2.87. The summed E-state index contributed by atoms with van der Waals surface area (Å²) in [4.78, 5) is 11.5. The van der Waals surface area contributed by atoms with E-state index in [1.54, 1.807) is 11.8 Å². The van der Waals surface area contributed by atoms with Crippen LogP contribution in [0.25, 0.3) is 0 Å². The van der Waals surface area contributed by atoms with Crippen molar-refractivity contribution in [3.63, 3.8) is 0 Å². The Hall–Kier alpha value is -0.480. The largest absolute Gasteiger partial charge is 0.433 e. The summed E-state index contributed by atoms with van der Waals surface area (Å²) in [6.45, 7) is 6.93. The summed E-state index contributed by atoms with van der Waals surface area (Å²) in [7, 11) is 0. The van der Waals surface area contributed by atoms with Crippen molar-refractivity contribution in [1.82, 2.24) is 0 Å². The molecule has 0 aromatic heterocycles. The molecule has 2 unspecified atom stereocenters. The smallest absolute Gasteiger partial charge is 0.336 e. The fourth-order valence-electron chi connectivity index (χ4n) is 2.60. The maximum Gasteiger partial charge on any atom is 0.336 e. The van der Waals surface area contributed by atoms with E-state index < -0.39 is 0 Å². The van der Waals surface area contributed by atoms with Crippen molar-refractivity contribution >= 4 is 17.7 Å². The maximum absolute atomic E-state index is 11.5. The second kappa shape index (κ2) is 8.73. The zero-order valence-electron chi connectivity index (χ0n) is 13.2. The lowest BCUT2D eigenvalue weighted by molar-refractivity contribution is -0.147. The first kappa shape index (κ1) is 17.6. The van der Waals surface area contributed by atoms with E-state index in [0.29, 0.717) is 11.3 Å². The van der Waals surface area contributed by atoms with Gasteiger partial charge in [0.15, 0.2) is 0 Å². The molecular formula is C16H28O3S. The fraction of sp³-hybridized carbons (Fsp3) is 0.812. The molecule has 2 atom stereocenters. The highest BCUT2D eigenvalue weighted by Gasteiger charge is 2.35. The monoisotopic (exact) mass is 300 g/mol. The summed E-state index contributed by atoms with van der Waals surface area (Å²) < 4.78 is 10.7. The predicted octanol–water partition coefficient (Wildman–Crippen LogP) is 4.03. The third kappa shape index (κ3) is 5.88. The molecule has 4 heteroatoms. The van der Waals surface area contributed by atoms with Gasteiger partial charge in [-0.3, -0.25) is 0 Å². The topological polar surface area (TPSA) is 35.5 Å². The van der Waals surface area contributed by atoms with E-state index in [-0.39, 0.29) is 18.7 Å². The molecule has 1 aliphatic rings. The third-order valence-electron chi connectivity index (χ3n) is 4.36. The summed E-state index contributed by atoms with van der Waals surface area (Å²) >= 11 is 1.68. The molecule has 0 aromatic rings. The van der Waals surface area contributed by atoms with Crippen LogP contribution in [-0.4, -0.2) is 30.7 Å². The van der Waals surface area contributed by atoms with E-state index >= 15 is 0 Å². The molecule has 0 amide bonds. The van der Waals surface area contributed by atoms with Crippen LogP contribution in [0.3, 0.4) is 0 Å². The number of ether oxygens (including phenoxy) is 2. The van der Waals surface area contributed by atoms with Crippen molar-refractivity contribution in [3.05, 3.63) is 12.3 Å². The van der Waals surface area contributed by atoms with E-state index in [0.717, 1.165) is 18.6 Å². The summed E-state index contributed by atoms with van der Waals surface area (Å²) in [5, 5.41) is 0. The first-order valence-corrected chi connectivity index (χ1v) is 8.82. The summed E-state index contributed by atoms with van der Waals surface area (Å²) in [5.74, 6) is 1.19. The van der Waals surface area contributed by atoms with Crippen molar-refractivity contribution in [2.24, 2.45) is 11.3 Å². The van der Waals surface area contributed by atoms with Gasteiger partial charge in [0, 0.05) is 5.75 Å². The number of hydrogen-bond donors (Lipinski definition) is 0. The standard InChI is InChI=1S/C16H28O3S/c1-13(2)16(3)8-5-7-14(11-16)19-12-15(17)18-9-6-10-20-4/h6,9,13-14H,5,7-8,10-12H2,1-4H3. The Morgan fingerprint density at radius 3 is 2.90 bits per heavy atom. The van der Waals surface area contributed by atoms with Gasteiger partial charge in [-0.15, -0.1) is 0 Å². The van der Waals surface area contributed by atoms with E-state index in [2.05, 4.69) is 20.8 Å². The van der Waals surface area contributed by atoms with Gasteiger partial charge >= 0.3 is 5.97 Å². The van der Waals surface area contributed by atoms with Gasteiger partial charge in [-0.05, 0) is 42.9 Å². The van der Waals surface area contributed by atoms with Gasteiger partial charge in [0.25, 0.3) is 0 Å². The molecule has 0 bridgehead atoms. The quantitative estimate of drug-likeness (QED) is 0.525. The Morgan fingerprint density at radius 1 is 1.50 bits per heavy atom. The molecule has 20 heavy (non-hydrogen) atoms. The number of thioether (sulfide) groups is 1. The Labute approximate surface area is 127 Å². The average Bonchev–Trinajstić information content (AvgIpc) is 2.41. The van der Waals surface area contributed by atoms with Crippen LogP contribution in [0, 0.1) is 11.3 Å². The number of carbonyl (C=O) groups excluding carboxylic acids is 1. The van der Waals surface area contributed by atoms with Crippen molar-refractivity contribution < 1.29 is 14.3 Å². The lowest BCUT2D eigenvalue weighted by Gasteiger charge is -2.41. The zero-order chi connectivity index (χ0) is 15.0. The second-order valence-electron chi connectivity index (χ2n) is 6.16. The molecule has 1 aliphatic carbocycles. The number of carbonyl (C=O) groups is 1. The SMILES string of the molecule is CSCC=COC(=O)COC1CCCC(C)(C(C)C)C1. The minimum atomic E-state index is -0.306. The average molecular weight is 300 g/mol. The molecule has 0 saturated heterocycles. The van der Waals surface area contributed by atoms with Crippen molar-refractivity contribution in [2.45, 2.75) is 52.6 Å². The summed E-state index contributed by atoms with van der Waals surface area (Å²) in [5.41, 5.74) is 0.338. The molecule has 0 heterocycles. The maximum atomic E-state index is 11.5. The van der Waals surface area contributed by atoms with Crippen LogP contribution in [0.2, 0.25) is 0 Å². The second-order valence-corrected chi connectivity index (χ2v) is 7.07. The van der Waals surface area contributed by atoms with Gasteiger partial charge < -0.3 is 9.47 Å². The molecule has 0 aliphatic heterocycles. The third-order valence-corrected chi connectivity index (χ3v) is 4.88. The van der Waals surface area contributed by atoms with Crippen LogP contribution in [0.1, 0.15) is 46.5 Å². The lowest BCUT2D eigenvalue weighted by atomic mass is 9.67. The molecular weight excluding hydrogens is 272 g/mol. The van der Waals surface area contributed by atoms with Crippen LogP contribution < -0.4 is 0 Å². The minimum Gasteiger partial charge on any atom is -0.433 e. The summed E-state index contributed by atoms with van der Waals surface area (Å²) in [6, 6.07) is 0. The van der Waals surface area contributed by atoms with Crippen molar-refractivity contribution in [3.8, 4) is 0 Å². The van der Waals surface area contributed by atoms with Gasteiger partial charge in [0.2, 0.25) is 0 Å². The first-order valence-electron chi connectivity index (χ1n) is 7.43. The van der Waals surface area contributed by atoms with Gasteiger partial charge in [0.05, 0.1) is 12.4 Å². The van der Waals surface area contributed by atoms with Crippen LogP contribution >= 0.6 is 11.8 Å². The Kier molecular flexibility index (Phi) is 7.67. The van der Waals surface area contributed by atoms with Gasteiger partial charge in [-0.2, -0.15) is 11.8 Å². The Bertz CT molecular complexity index is 328.